The highest BCUT2D eigenvalue weighted by molar-refractivity contribution is 6.34. The van der Waals surface area contributed by atoms with E-state index in [4.69, 9.17) is 11.6 Å². The summed E-state index contributed by atoms with van der Waals surface area (Å²) in [6, 6.07) is 12.2. The maximum Gasteiger partial charge on any atom is 0.270 e. The third-order valence-electron chi connectivity index (χ3n) is 4.42. The van der Waals surface area contributed by atoms with Gasteiger partial charge in [0, 0.05) is 37.0 Å². The van der Waals surface area contributed by atoms with Crippen LogP contribution in [0.5, 0.6) is 0 Å². The lowest BCUT2D eigenvalue weighted by Crippen LogP contribution is -2.41. The van der Waals surface area contributed by atoms with Crippen molar-refractivity contribution in [2.45, 2.75) is 19.4 Å². The molecule has 1 aliphatic rings. The van der Waals surface area contributed by atoms with Gasteiger partial charge >= 0.3 is 0 Å². The fourth-order valence-corrected chi connectivity index (χ4v) is 3.33. The van der Waals surface area contributed by atoms with E-state index < -0.39 is 4.92 Å². The molecular formula is C18H18ClN3O3. The number of hydrogen-bond acceptors (Lipinski definition) is 4. The van der Waals surface area contributed by atoms with Gasteiger partial charge in [-0.25, -0.2) is 0 Å². The first-order chi connectivity index (χ1) is 12.0. The molecule has 1 unspecified atom stereocenters. The summed E-state index contributed by atoms with van der Waals surface area (Å²) < 4.78 is 0. The Balaban J connectivity index is 1.64. The van der Waals surface area contributed by atoms with E-state index in [9.17, 15) is 14.9 Å². The Morgan fingerprint density at radius 1 is 1.36 bits per heavy atom. The van der Waals surface area contributed by atoms with Gasteiger partial charge < -0.3 is 10.2 Å². The zero-order valence-electron chi connectivity index (χ0n) is 13.7. The number of nitro benzene ring substituents is 1. The predicted octanol–water partition coefficient (Wildman–Crippen LogP) is 3.43. The Labute approximate surface area is 150 Å². The van der Waals surface area contributed by atoms with Crippen molar-refractivity contribution in [1.82, 2.24) is 5.32 Å². The van der Waals surface area contributed by atoms with Crippen molar-refractivity contribution in [2.24, 2.45) is 0 Å². The molecule has 0 fully saturated rings. The van der Waals surface area contributed by atoms with Gasteiger partial charge in [0.2, 0.25) is 0 Å². The minimum absolute atomic E-state index is 0.0749. The molecule has 0 saturated heterocycles. The summed E-state index contributed by atoms with van der Waals surface area (Å²) >= 11 is 6.00. The highest BCUT2D eigenvalue weighted by atomic mass is 35.5. The first-order valence-corrected chi connectivity index (χ1v) is 8.42. The first kappa shape index (κ1) is 17.2. The summed E-state index contributed by atoms with van der Waals surface area (Å²) in [5.41, 5.74) is 2.63. The molecule has 0 bridgehead atoms. The molecule has 7 heteroatoms. The first-order valence-electron chi connectivity index (χ1n) is 8.04. The van der Waals surface area contributed by atoms with Crippen LogP contribution in [0.15, 0.2) is 42.5 Å². The molecular weight excluding hydrogens is 342 g/mol. The molecule has 0 spiro atoms. The van der Waals surface area contributed by atoms with Gasteiger partial charge in [-0.05, 0) is 31.0 Å². The molecule has 25 heavy (non-hydrogen) atoms. The van der Waals surface area contributed by atoms with E-state index >= 15 is 0 Å². The van der Waals surface area contributed by atoms with E-state index in [1.54, 1.807) is 0 Å². The number of carbonyl (C=O) groups excluding carboxylic acids is 1. The Morgan fingerprint density at radius 3 is 2.84 bits per heavy atom. The number of non-ortho nitro benzene ring substituents is 1. The van der Waals surface area contributed by atoms with Crippen LogP contribution in [0.4, 0.5) is 11.4 Å². The van der Waals surface area contributed by atoms with E-state index in [2.05, 4.69) is 29.3 Å². The molecule has 1 atom stereocenters. The second-order valence-corrected chi connectivity index (χ2v) is 6.46. The molecule has 0 aliphatic carbocycles. The Morgan fingerprint density at radius 2 is 2.12 bits per heavy atom. The van der Waals surface area contributed by atoms with E-state index in [1.165, 1.54) is 29.4 Å². The highest BCUT2D eigenvalue weighted by Gasteiger charge is 2.23. The quantitative estimate of drug-likeness (QED) is 0.655. The summed E-state index contributed by atoms with van der Waals surface area (Å²) in [5.74, 6) is -0.334. The van der Waals surface area contributed by atoms with Crippen molar-refractivity contribution in [3.8, 4) is 0 Å². The number of carbonyl (C=O) groups is 1. The van der Waals surface area contributed by atoms with E-state index in [0.717, 1.165) is 13.0 Å². The van der Waals surface area contributed by atoms with Crippen molar-refractivity contribution in [3.63, 3.8) is 0 Å². The number of benzene rings is 2. The van der Waals surface area contributed by atoms with Crippen molar-refractivity contribution in [2.75, 3.05) is 18.0 Å². The fraction of sp³-hybridized carbons (Fsp3) is 0.278. The number of para-hydroxylation sites is 1. The summed E-state index contributed by atoms with van der Waals surface area (Å²) in [4.78, 5) is 24.8. The number of nitro groups is 1. The molecule has 1 heterocycles. The lowest BCUT2D eigenvalue weighted by molar-refractivity contribution is -0.384. The average molecular weight is 360 g/mol. The topological polar surface area (TPSA) is 75.5 Å². The van der Waals surface area contributed by atoms with Crippen LogP contribution >= 0.6 is 11.6 Å². The third-order valence-corrected chi connectivity index (χ3v) is 4.73. The molecule has 1 amide bonds. The third kappa shape index (κ3) is 3.58. The van der Waals surface area contributed by atoms with Gasteiger partial charge in [0.1, 0.15) is 0 Å². The smallest absolute Gasteiger partial charge is 0.270 e. The molecule has 130 valence electrons. The standard InChI is InChI=1S/C18H18ClN3O3/c1-12(21-9-8-13-4-2-3-5-17(13)21)11-20-18(23)15-7-6-14(22(24)25)10-16(15)19/h2-7,10,12H,8-9,11H2,1H3,(H,20,23). The Bertz CT molecular complexity index is 825. The van der Waals surface area contributed by atoms with Crippen LogP contribution in [0.3, 0.4) is 0 Å². The zero-order chi connectivity index (χ0) is 18.0. The van der Waals surface area contributed by atoms with Gasteiger partial charge in [0.25, 0.3) is 11.6 Å². The second kappa shape index (κ2) is 7.11. The molecule has 6 nitrogen and oxygen atoms in total. The number of rotatable bonds is 5. The molecule has 3 rings (SSSR count). The van der Waals surface area contributed by atoms with Crippen LogP contribution in [0, 0.1) is 10.1 Å². The van der Waals surface area contributed by atoms with Crippen LogP contribution in [0.25, 0.3) is 0 Å². The van der Waals surface area contributed by atoms with Crippen LogP contribution in [0.1, 0.15) is 22.8 Å². The van der Waals surface area contributed by atoms with Crippen LogP contribution in [-0.4, -0.2) is 30.0 Å². The monoisotopic (exact) mass is 359 g/mol. The molecule has 0 saturated carbocycles. The minimum Gasteiger partial charge on any atom is -0.366 e. The highest BCUT2D eigenvalue weighted by Crippen LogP contribution is 2.29. The molecule has 1 N–H and O–H groups in total. The maximum absolute atomic E-state index is 12.3. The number of nitrogens with one attached hydrogen (secondary N) is 1. The fourth-order valence-electron chi connectivity index (χ4n) is 3.07. The van der Waals surface area contributed by atoms with Gasteiger partial charge in [0.15, 0.2) is 0 Å². The molecule has 2 aromatic rings. The van der Waals surface area contributed by atoms with Crippen molar-refractivity contribution in [3.05, 3.63) is 68.7 Å². The van der Waals surface area contributed by atoms with Crippen molar-refractivity contribution >= 4 is 28.9 Å². The van der Waals surface area contributed by atoms with E-state index in [-0.39, 0.29) is 28.2 Å². The van der Waals surface area contributed by atoms with E-state index in [0.29, 0.717) is 6.54 Å². The van der Waals surface area contributed by atoms with Crippen molar-refractivity contribution in [1.29, 1.82) is 0 Å². The SMILES string of the molecule is CC(CNC(=O)c1ccc([N+](=O)[O-])cc1Cl)N1CCc2ccccc21. The normalized spacial score (nSPS) is 14.1. The minimum atomic E-state index is -0.541. The Kier molecular flexibility index (Phi) is 4.90. The zero-order valence-corrected chi connectivity index (χ0v) is 14.5. The molecule has 0 radical (unpaired) electrons. The number of amides is 1. The number of nitrogens with zero attached hydrogens (tertiary/aromatic N) is 2. The lowest BCUT2D eigenvalue weighted by atomic mass is 10.1. The van der Waals surface area contributed by atoms with Gasteiger partial charge in [-0.1, -0.05) is 29.8 Å². The van der Waals surface area contributed by atoms with Gasteiger partial charge in [-0.3, -0.25) is 14.9 Å². The average Bonchev–Trinajstić information content (AvgIpc) is 3.03. The summed E-state index contributed by atoms with van der Waals surface area (Å²) in [5, 5.41) is 13.7. The van der Waals surface area contributed by atoms with Crippen LogP contribution < -0.4 is 10.2 Å². The summed E-state index contributed by atoms with van der Waals surface area (Å²) in [6.45, 7) is 3.44. The van der Waals surface area contributed by atoms with Gasteiger partial charge in [0.05, 0.1) is 15.5 Å². The number of anilines is 1. The molecule has 1 aliphatic heterocycles. The number of halogens is 1. The molecule has 0 aromatic heterocycles. The molecule has 2 aromatic carbocycles. The largest absolute Gasteiger partial charge is 0.366 e. The Hall–Kier alpha value is -2.60. The van der Waals surface area contributed by atoms with Crippen molar-refractivity contribution < 1.29 is 9.72 Å². The van der Waals surface area contributed by atoms with E-state index in [1.807, 2.05) is 12.1 Å². The number of fused-ring (bicyclic) bond motifs is 1. The predicted molar refractivity (Wildman–Crippen MR) is 97.4 cm³/mol. The lowest BCUT2D eigenvalue weighted by Gasteiger charge is -2.27. The summed E-state index contributed by atoms with van der Waals surface area (Å²) in [6.07, 6.45) is 1.00. The van der Waals surface area contributed by atoms with Crippen LogP contribution in [-0.2, 0) is 6.42 Å². The van der Waals surface area contributed by atoms with Crippen LogP contribution in [0.2, 0.25) is 5.02 Å². The maximum atomic E-state index is 12.3. The van der Waals surface area contributed by atoms with Gasteiger partial charge in [-0.2, -0.15) is 0 Å². The number of hydrogen-bond donors (Lipinski definition) is 1. The summed E-state index contributed by atoms with van der Waals surface area (Å²) in [7, 11) is 0. The second-order valence-electron chi connectivity index (χ2n) is 6.05. The van der Waals surface area contributed by atoms with Gasteiger partial charge in [-0.15, -0.1) is 0 Å².